The molecule has 3 aliphatic rings. The van der Waals surface area contributed by atoms with Gasteiger partial charge in [-0.15, -0.1) is 0 Å². The standard InChI is InChI=1S/C22H32N2O4S/c1-3-29(26)18-4-5-20(23-15-18)27-13-8-17-14-19(17)16-6-11-24(12-7-16)21(25)28-22(2)9-10-22/h4-5,15-17,19H,3,6-14H2,1-2H3. The van der Waals surface area contributed by atoms with Gasteiger partial charge in [-0.2, -0.15) is 0 Å². The fourth-order valence-electron chi connectivity index (χ4n) is 4.31. The maximum atomic E-state index is 12.2. The van der Waals surface area contributed by atoms with E-state index < -0.39 is 11.2 Å². The van der Waals surface area contributed by atoms with Crippen molar-refractivity contribution in [3.8, 4) is 5.88 Å². The van der Waals surface area contributed by atoms with E-state index in [-0.39, 0.29) is 11.7 Å². The third kappa shape index (κ3) is 5.37. The van der Waals surface area contributed by atoms with Crippen LogP contribution in [0.25, 0.3) is 0 Å². The molecule has 1 aliphatic heterocycles. The number of pyridine rings is 1. The van der Waals surface area contributed by atoms with E-state index in [0.29, 0.717) is 18.2 Å². The summed E-state index contributed by atoms with van der Waals surface area (Å²) in [6.07, 6.45) is 8.03. The highest BCUT2D eigenvalue weighted by molar-refractivity contribution is 7.91. The minimum absolute atomic E-state index is 0.120. The first-order chi connectivity index (χ1) is 14.0. The van der Waals surface area contributed by atoms with Crippen LogP contribution in [0, 0.1) is 17.8 Å². The molecule has 2 heterocycles. The van der Waals surface area contributed by atoms with Crippen molar-refractivity contribution in [2.75, 3.05) is 25.4 Å². The van der Waals surface area contributed by atoms with Gasteiger partial charge in [0.2, 0.25) is 5.88 Å². The number of hydrogen-bond donors (Lipinski definition) is 0. The zero-order valence-electron chi connectivity index (χ0n) is 17.5. The van der Waals surface area contributed by atoms with Gasteiger partial charge in [0.05, 0.1) is 12.8 Å². The quantitative estimate of drug-likeness (QED) is 0.594. The number of rotatable bonds is 8. The molecule has 0 radical (unpaired) electrons. The fourth-order valence-corrected chi connectivity index (χ4v) is 5.04. The van der Waals surface area contributed by atoms with Crippen molar-refractivity contribution in [1.82, 2.24) is 9.88 Å². The van der Waals surface area contributed by atoms with E-state index in [2.05, 4.69) is 4.98 Å². The van der Waals surface area contributed by atoms with Crippen LogP contribution in [0.2, 0.25) is 0 Å². The molecule has 7 heteroatoms. The predicted molar refractivity (Wildman–Crippen MR) is 111 cm³/mol. The van der Waals surface area contributed by atoms with Gasteiger partial charge in [0.15, 0.2) is 4.90 Å². The highest BCUT2D eigenvalue weighted by Crippen LogP contribution is 2.50. The lowest BCUT2D eigenvalue weighted by molar-refractivity contribution is 0.0473. The van der Waals surface area contributed by atoms with E-state index in [1.807, 2.05) is 30.9 Å². The molecule has 0 aromatic carbocycles. The summed E-state index contributed by atoms with van der Waals surface area (Å²) in [5.74, 6) is 3.44. The molecule has 3 atom stereocenters. The summed E-state index contributed by atoms with van der Waals surface area (Å²) < 4.78 is 23.1. The maximum absolute atomic E-state index is 12.2. The Kier molecular flexibility index (Phi) is 6.25. The normalized spacial score (nSPS) is 26.7. The minimum atomic E-state index is -0.968. The maximum Gasteiger partial charge on any atom is 0.410 e. The molecule has 2 aliphatic carbocycles. The molecule has 0 spiro atoms. The summed E-state index contributed by atoms with van der Waals surface area (Å²) in [5.41, 5.74) is -0.183. The Morgan fingerprint density at radius 3 is 2.72 bits per heavy atom. The zero-order valence-corrected chi connectivity index (χ0v) is 18.3. The first-order valence-corrected chi connectivity index (χ1v) is 12.2. The number of carbonyl (C=O) groups is 1. The third-order valence-electron chi connectivity index (χ3n) is 6.64. The van der Waals surface area contributed by atoms with Crippen molar-refractivity contribution in [3.05, 3.63) is 18.3 Å². The average molecular weight is 421 g/mol. The summed E-state index contributed by atoms with van der Waals surface area (Å²) in [5, 5.41) is 0. The highest BCUT2D eigenvalue weighted by atomic mass is 32.2. The van der Waals surface area contributed by atoms with Gasteiger partial charge in [-0.25, -0.2) is 9.78 Å². The molecule has 160 valence electrons. The van der Waals surface area contributed by atoms with Crippen molar-refractivity contribution < 1.29 is 18.8 Å². The summed E-state index contributed by atoms with van der Waals surface area (Å²) in [6.45, 7) is 6.25. The van der Waals surface area contributed by atoms with Crippen LogP contribution >= 0.6 is 0 Å². The minimum Gasteiger partial charge on any atom is -0.611 e. The van der Waals surface area contributed by atoms with Crippen molar-refractivity contribution in [2.45, 2.75) is 62.9 Å². The molecule has 1 aromatic heterocycles. The lowest BCUT2D eigenvalue weighted by Gasteiger charge is -2.32. The molecule has 3 fully saturated rings. The number of ether oxygens (including phenoxy) is 2. The number of hydrogen-bond acceptors (Lipinski definition) is 5. The van der Waals surface area contributed by atoms with E-state index in [1.54, 1.807) is 6.20 Å². The number of amides is 1. The predicted octanol–water partition coefficient (Wildman–Crippen LogP) is 4.02. The van der Waals surface area contributed by atoms with Gasteiger partial charge in [0, 0.05) is 25.2 Å². The smallest absolute Gasteiger partial charge is 0.410 e. The molecule has 3 unspecified atom stereocenters. The molecular formula is C22H32N2O4S. The van der Waals surface area contributed by atoms with Crippen LogP contribution in [0.5, 0.6) is 5.88 Å². The molecule has 6 nitrogen and oxygen atoms in total. The van der Waals surface area contributed by atoms with E-state index in [4.69, 9.17) is 9.47 Å². The number of aromatic nitrogens is 1. The van der Waals surface area contributed by atoms with Crippen molar-refractivity contribution in [2.24, 2.45) is 17.8 Å². The largest absolute Gasteiger partial charge is 0.611 e. The topological polar surface area (TPSA) is 74.7 Å². The molecule has 29 heavy (non-hydrogen) atoms. The van der Waals surface area contributed by atoms with Crippen LogP contribution < -0.4 is 4.74 Å². The molecular weight excluding hydrogens is 388 g/mol. The van der Waals surface area contributed by atoms with Crippen LogP contribution in [0.1, 0.15) is 52.4 Å². The van der Waals surface area contributed by atoms with Gasteiger partial charge in [0.25, 0.3) is 0 Å². The second-order valence-corrected chi connectivity index (χ2v) is 10.6. The van der Waals surface area contributed by atoms with E-state index in [0.717, 1.165) is 67.8 Å². The number of piperidine rings is 1. The van der Waals surface area contributed by atoms with Gasteiger partial charge in [0.1, 0.15) is 11.4 Å². The number of carbonyl (C=O) groups excluding carboxylic acids is 1. The first-order valence-electron chi connectivity index (χ1n) is 10.9. The Morgan fingerprint density at radius 1 is 1.34 bits per heavy atom. The van der Waals surface area contributed by atoms with Gasteiger partial charge < -0.3 is 18.9 Å². The molecule has 1 aromatic rings. The van der Waals surface area contributed by atoms with Crippen LogP contribution in [-0.4, -0.2) is 51.6 Å². The average Bonchev–Trinajstić information content (AvgIpc) is 3.66. The Hall–Kier alpha value is -1.47. The van der Waals surface area contributed by atoms with E-state index in [9.17, 15) is 9.35 Å². The van der Waals surface area contributed by atoms with Crippen LogP contribution in [0.3, 0.4) is 0 Å². The van der Waals surface area contributed by atoms with Gasteiger partial charge >= 0.3 is 6.09 Å². The van der Waals surface area contributed by atoms with Crippen molar-refractivity contribution in [1.29, 1.82) is 0 Å². The van der Waals surface area contributed by atoms with Crippen molar-refractivity contribution in [3.63, 3.8) is 0 Å². The summed E-state index contributed by atoms with van der Waals surface area (Å²) in [4.78, 5) is 19.1. The summed E-state index contributed by atoms with van der Waals surface area (Å²) >= 11 is -0.968. The molecule has 2 saturated carbocycles. The molecule has 1 amide bonds. The summed E-state index contributed by atoms with van der Waals surface area (Å²) in [7, 11) is 0. The van der Waals surface area contributed by atoms with Crippen LogP contribution in [0.15, 0.2) is 23.2 Å². The summed E-state index contributed by atoms with van der Waals surface area (Å²) in [6, 6.07) is 3.65. The Bertz CT molecular complexity index is 701. The Labute approximate surface area is 176 Å². The lowest BCUT2D eigenvalue weighted by Crippen LogP contribution is -2.40. The first kappa shape index (κ1) is 20.8. The zero-order chi connectivity index (χ0) is 20.4. The molecule has 0 N–H and O–H groups in total. The third-order valence-corrected chi connectivity index (χ3v) is 7.93. The number of likely N-dealkylation sites (tertiary alicyclic amines) is 1. The fraction of sp³-hybridized carbons (Fsp3) is 0.727. The molecule has 0 bridgehead atoms. The van der Waals surface area contributed by atoms with Crippen LogP contribution in [0.4, 0.5) is 4.79 Å². The van der Waals surface area contributed by atoms with E-state index >= 15 is 0 Å². The highest BCUT2D eigenvalue weighted by Gasteiger charge is 2.45. The Morgan fingerprint density at radius 2 is 2.10 bits per heavy atom. The monoisotopic (exact) mass is 420 g/mol. The Balaban J connectivity index is 1.13. The van der Waals surface area contributed by atoms with E-state index in [1.165, 1.54) is 6.42 Å². The lowest BCUT2D eigenvalue weighted by atomic mass is 9.91. The van der Waals surface area contributed by atoms with Gasteiger partial charge in [-0.05, 0) is 81.3 Å². The number of nitrogens with zero attached hydrogens (tertiary/aromatic N) is 2. The molecule has 1 saturated heterocycles. The molecule has 4 rings (SSSR count). The van der Waals surface area contributed by atoms with Crippen molar-refractivity contribution >= 4 is 17.3 Å². The van der Waals surface area contributed by atoms with Gasteiger partial charge in [-0.3, -0.25) is 0 Å². The SMILES string of the molecule is CC[S+]([O-])c1ccc(OCCC2CC2C2CCN(C(=O)OC3(C)CC3)CC2)nc1. The van der Waals surface area contributed by atoms with Crippen LogP contribution in [-0.2, 0) is 15.9 Å². The second-order valence-electron chi connectivity index (χ2n) is 8.91. The second kappa shape index (κ2) is 8.72. The van der Waals surface area contributed by atoms with Gasteiger partial charge in [-0.1, -0.05) is 0 Å².